The Morgan fingerprint density at radius 1 is 0.969 bits per heavy atom. The smallest absolute Gasteiger partial charge is 0.284 e. The molecule has 1 unspecified atom stereocenters. The summed E-state index contributed by atoms with van der Waals surface area (Å²) in [4.78, 5) is 56.7. The van der Waals surface area contributed by atoms with Crippen LogP contribution in [-0.4, -0.2) is 96.1 Å². The van der Waals surface area contributed by atoms with E-state index in [1.807, 2.05) is 35.0 Å². The highest BCUT2D eigenvalue weighted by molar-refractivity contribution is 6.10. The van der Waals surface area contributed by atoms with Gasteiger partial charge in [0, 0.05) is 67.0 Å². The lowest BCUT2D eigenvalue weighted by Crippen LogP contribution is -2.44. The molecule has 3 amide bonds. The van der Waals surface area contributed by atoms with Crippen LogP contribution in [0.5, 0.6) is 0 Å². The number of alkyl halides is 2. The number of benzene rings is 1. The van der Waals surface area contributed by atoms with Crippen molar-refractivity contribution in [1.29, 1.82) is 0 Å². The zero-order valence-electron chi connectivity index (χ0n) is 35.9. The number of amides is 3. The summed E-state index contributed by atoms with van der Waals surface area (Å²) in [5, 5.41) is 14.9. The van der Waals surface area contributed by atoms with Crippen LogP contribution >= 0.6 is 0 Å². The van der Waals surface area contributed by atoms with Crippen molar-refractivity contribution in [2.24, 2.45) is 11.8 Å². The molecule has 3 N–H and O–H groups in total. The third-order valence-corrected chi connectivity index (χ3v) is 13.7. The van der Waals surface area contributed by atoms with Crippen LogP contribution in [0.4, 0.5) is 20.3 Å². The van der Waals surface area contributed by atoms with Crippen LogP contribution in [-0.2, 0) is 16.1 Å². The number of carbonyl (C=O) groups is 3. The van der Waals surface area contributed by atoms with Gasteiger partial charge in [-0.05, 0) is 120 Å². The number of aromatic nitrogens is 6. The highest BCUT2D eigenvalue weighted by Crippen LogP contribution is 2.38. The number of nitrogens with zero attached hydrogens (tertiary/aromatic N) is 8. The van der Waals surface area contributed by atoms with Crippen LogP contribution in [0.15, 0.2) is 71.7 Å². The normalized spacial score (nSPS) is 21.3. The van der Waals surface area contributed by atoms with Crippen LogP contribution in [0, 0.1) is 11.8 Å². The SMILES string of the molecule is CN(CC1CCC(n2cc(NC(=O)c3coc(-c4ccnc(NCC5CC5)c4)n3)c(C(F)F)n2)CC1)C1CCN(Cc2ccnc3c2c2ccccc2n3C2CCC(=O)NC2=O)CC1. The minimum Gasteiger partial charge on any atom is -0.444 e. The number of anilines is 2. The predicted octanol–water partition coefficient (Wildman–Crippen LogP) is 7.75. The zero-order chi connectivity index (χ0) is 43.9. The van der Waals surface area contributed by atoms with E-state index in [2.05, 4.69) is 60.0 Å². The Morgan fingerprint density at radius 2 is 1.75 bits per heavy atom. The average molecular weight is 874 g/mol. The third-order valence-electron chi connectivity index (χ3n) is 13.7. The van der Waals surface area contributed by atoms with Crippen molar-refractivity contribution in [3.63, 3.8) is 0 Å². The van der Waals surface area contributed by atoms with E-state index in [1.54, 1.807) is 16.9 Å². The van der Waals surface area contributed by atoms with Crippen molar-refractivity contribution in [3.8, 4) is 11.5 Å². The standard InChI is InChI=1S/C47H53F2N11O4/c1-57(32-16-20-58(21-17-32)25-31-15-19-51-44-41(31)34-4-2-3-5-37(34)60(44)38-12-13-40(61)55-46(38)63)24-29-8-10-33(11-9-29)59-26-35(42(56-59)43(48)49)53-45(62)36-27-64-47(54-36)30-14-18-50-39(22-30)52-23-28-6-7-28/h2-5,14-15,18-19,22,26-29,32-33,38,43H,6-13,16-17,20-21,23-25H2,1H3,(H,50,52)(H,53,62)(H,55,61,63). The molecule has 5 aromatic heterocycles. The molecule has 6 aromatic rings. The molecule has 2 saturated carbocycles. The monoisotopic (exact) mass is 873 g/mol. The molecule has 0 spiro atoms. The summed E-state index contributed by atoms with van der Waals surface area (Å²) < 4.78 is 37.7. The minimum absolute atomic E-state index is 0.0225. The number of nitrogens with one attached hydrogen (secondary N) is 3. The second-order valence-corrected chi connectivity index (χ2v) is 18.1. The first-order valence-electron chi connectivity index (χ1n) is 22.6. The minimum atomic E-state index is -2.86. The van der Waals surface area contributed by atoms with Crippen LogP contribution in [0.25, 0.3) is 33.4 Å². The summed E-state index contributed by atoms with van der Waals surface area (Å²) in [6.07, 6.45) is 12.2. The molecule has 0 radical (unpaired) electrons. The number of pyridine rings is 2. The van der Waals surface area contributed by atoms with Gasteiger partial charge in [-0.1, -0.05) is 18.2 Å². The molecule has 2 saturated heterocycles. The molecule has 1 aromatic carbocycles. The van der Waals surface area contributed by atoms with Gasteiger partial charge in [0.2, 0.25) is 17.7 Å². The number of rotatable bonds is 14. The lowest BCUT2D eigenvalue weighted by Gasteiger charge is -2.39. The average Bonchev–Trinajstić information content (AvgIpc) is 3.65. The van der Waals surface area contributed by atoms with Crippen LogP contribution in [0.2, 0.25) is 0 Å². The van der Waals surface area contributed by atoms with Gasteiger partial charge in [-0.25, -0.2) is 23.7 Å². The molecule has 334 valence electrons. The number of carbonyl (C=O) groups excluding carboxylic acids is 3. The lowest BCUT2D eigenvalue weighted by molar-refractivity contribution is -0.135. The molecule has 64 heavy (non-hydrogen) atoms. The van der Waals surface area contributed by atoms with E-state index in [-0.39, 0.29) is 35.1 Å². The third kappa shape index (κ3) is 8.74. The van der Waals surface area contributed by atoms with Crippen molar-refractivity contribution < 1.29 is 27.6 Å². The molecule has 2 aliphatic carbocycles. The van der Waals surface area contributed by atoms with Gasteiger partial charge in [-0.15, -0.1) is 0 Å². The van der Waals surface area contributed by atoms with Gasteiger partial charge >= 0.3 is 0 Å². The van der Waals surface area contributed by atoms with E-state index in [0.29, 0.717) is 42.1 Å². The first-order valence-corrected chi connectivity index (χ1v) is 22.6. The fourth-order valence-corrected chi connectivity index (χ4v) is 10.0. The van der Waals surface area contributed by atoms with Gasteiger partial charge in [0.1, 0.15) is 23.8 Å². The molecule has 15 nitrogen and oxygen atoms in total. The number of halogens is 2. The fourth-order valence-electron chi connectivity index (χ4n) is 10.0. The first-order chi connectivity index (χ1) is 31.1. The largest absolute Gasteiger partial charge is 0.444 e. The Morgan fingerprint density at radius 3 is 2.53 bits per heavy atom. The maximum Gasteiger partial charge on any atom is 0.284 e. The van der Waals surface area contributed by atoms with Gasteiger partial charge < -0.3 is 24.5 Å². The summed E-state index contributed by atoms with van der Waals surface area (Å²) >= 11 is 0. The second kappa shape index (κ2) is 17.8. The van der Waals surface area contributed by atoms with Crippen molar-refractivity contribution >= 4 is 51.2 Å². The molecule has 4 fully saturated rings. The van der Waals surface area contributed by atoms with Gasteiger partial charge in [-0.2, -0.15) is 5.10 Å². The maximum absolute atomic E-state index is 14.3. The Kier molecular flexibility index (Phi) is 11.7. The van der Waals surface area contributed by atoms with E-state index >= 15 is 0 Å². The Balaban J connectivity index is 0.721. The molecule has 4 aliphatic rings. The molecule has 2 aliphatic heterocycles. The summed E-state index contributed by atoms with van der Waals surface area (Å²) in [6.45, 7) is 4.53. The molecule has 0 bridgehead atoms. The number of imide groups is 1. The van der Waals surface area contributed by atoms with E-state index in [0.717, 1.165) is 93.2 Å². The van der Waals surface area contributed by atoms with E-state index in [9.17, 15) is 23.2 Å². The molecule has 1 atom stereocenters. The van der Waals surface area contributed by atoms with Crippen molar-refractivity contribution in [2.45, 2.75) is 95.3 Å². The molecular formula is C47H53F2N11O4. The molecule has 7 heterocycles. The molecular weight excluding hydrogens is 821 g/mol. The van der Waals surface area contributed by atoms with Crippen LogP contribution in [0.1, 0.15) is 104 Å². The Hall–Kier alpha value is -6.07. The quantitative estimate of drug-likeness (QED) is 0.0916. The summed E-state index contributed by atoms with van der Waals surface area (Å²) in [7, 11) is 2.22. The Bertz CT molecular complexity index is 2670. The van der Waals surface area contributed by atoms with Crippen molar-refractivity contribution in [1.82, 2.24) is 44.4 Å². The topological polar surface area (TPSA) is 168 Å². The fraction of sp³-hybridized carbons (Fsp3) is 0.468. The summed E-state index contributed by atoms with van der Waals surface area (Å²) in [5.74, 6) is 0.920. The van der Waals surface area contributed by atoms with E-state index in [4.69, 9.17) is 9.40 Å². The number of oxazole rings is 1. The number of hydrogen-bond acceptors (Lipinski definition) is 11. The lowest BCUT2D eigenvalue weighted by atomic mass is 9.85. The summed E-state index contributed by atoms with van der Waals surface area (Å²) in [6, 6.07) is 13.7. The predicted molar refractivity (Wildman–Crippen MR) is 237 cm³/mol. The highest BCUT2D eigenvalue weighted by Gasteiger charge is 2.33. The number of piperidine rings is 2. The highest BCUT2D eigenvalue weighted by atomic mass is 19.3. The van der Waals surface area contributed by atoms with Crippen LogP contribution in [0.3, 0.4) is 0 Å². The maximum atomic E-state index is 14.3. The van der Waals surface area contributed by atoms with E-state index < -0.39 is 24.1 Å². The van der Waals surface area contributed by atoms with Gasteiger partial charge in [0.15, 0.2) is 11.4 Å². The van der Waals surface area contributed by atoms with Crippen LogP contribution < -0.4 is 16.0 Å². The van der Waals surface area contributed by atoms with Crippen molar-refractivity contribution in [2.75, 3.05) is 43.9 Å². The molecule has 17 heteroatoms. The van der Waals surface area contributed by atoms with Crippen molar-refractivity contribution in [3.05, 3.63) is 84.3 Å². The van der Waals surface area contributed by atoms with Gasteiger partial charge in [0.25, 0.3) is 12.3 Å². The molecule has 10 rings (SSSR count). The first kappa shape index (κ1) is 41.9. The number of para-hydroxylation sites is 1. The summed E-state index contributed by atoms with van der Waals surface area (Å²) in [5.41, 5.74) is 3.04. The number of fused-ring (bicyclic) bond motifs is 3. The van der Waals surface area contributed by atoms with Gasteiger partial charge in [0.05, 0.1) is 17.2 Å². The van der Waals surface area contributed by atoms with Gasteiger partial charge in [-0.3, -0.25) is 29.3 Å². The zero-order valence-corrected chi connectivity index (χ0v) is 35.9. The number of likely N-dealkylation sites (tertiary alicyclic amines) is 1. The van der Waals surface area contributed by atoms with E-state index in [1.165, 1.54) is 30.9 Å². The Labute approximate surface area is 369 Å². The second-order valence-electron chi connectivity index (χ2n) is 18.1. The number of hydrogen-bond donors (Lipinski definition) is 3.